The van der Waals surface area contributed by atoms with Crippen LogP contribution in [0, 0.1) is 0 Å². The van der Waals surface area contributed by atoms with Crippen LogP contribution in [0.5, 0.6) is 0 Å². The monoisotopic (exact) mass is 492 g/mol. The molecule has 5 nitrogen and oxygen atoms in total. The van der Waals surface area contributed by atoms with Crippen LogP contribution in [0.3, 0.4) is 0 Å². The molecule has 1 aromatic heterocycles. The van der Waals surface area contributed by atoms with Crippen molar-refractivity contribution in [3.8, 4) is 0 Å². The Morgan fingerprint density at radius 1 is 1.03 bits per heavy atom. The molecule has 1 aliphatic rings. The van der Waals surface area contributed by atoms with Gasteiger partial charge in [-0.25, -0.2) is 0 Å². The van der Waals surface area contributed by atoms with Gasteiger partial charge in [0.25, 0.3) is 5.91 Å². The van der Waals surface area contributed by atoms with E-state index in [1.165, 1.54) is 0 Å². The topological polar surface area (TPSA) is 62.5 Å². The first-order valence-electron chi connectivity index (χ1n) is 10.1. The molecule has 1 amide bonds. The number of para-hydroxylation sites is 1. The standard InChI is InChI=1S/C25H17ClN2O3S2/c26-17-8-5-15(6-9-17)13-27-20-4-2-1-3-18(20)19-11-16(7-10-21(19)27)12-22-24(31)28(14-23(29)30)25(32)33-22/h1-12H,13-14H2,(H,29,30)/b22-12-. The predicted molar refractivity (Wildman–Crippen MR) is 138 cm³/mol. The number of hydrogen-bond acceptors (Lipinski definition) is 4. The molecule has 4 aromatic rings. The van der Waals surface area contributed by atoms with Crippen LogP contribution in [0.1, 0.15) is 11.1 Å². The van der Waals surface area contributed by atoms with E-state index in [2.05, 4.69) is 28.8 Å². The molecule has 0 bridgehead atoms. The van der Waals surface area contributed by atoms with E-state index in [0.29, 0.717) is 16.5 Å². The van der Waals surface area contributed by atoms with Gasteiger partial charge >= 0.3 is 5.97 Å². The highest BCUT2D eigenvalue weighted by Crippen LogP contribution is 2.35. The number of carboxylic acids is 1. The van der Waals surface area contributed by atoms with Crippen molar-refractivity contribution in [1.29, 1.82) is 0 Å². The first-order chi connectivity index (χ1) is 15.9. The fraction of sp³-hybridized carbons (Fsp3) is 0.0800. The smallest absolute Gasteiger partial charge is 0.323 e. The zero-order chi connectivity index (χ0) is 23.1. The molecule has 1 aliphatic heterocycles. The van der Waals surface area contributed by atoms with Gasteiger partial charge in [-0.15, -0.1) is 0 Å². The summed E-state index contributed by atoms with van der Waals surface area (Å²) in [6, 6.07) is 22.1. The number of carbonyl (C=O) groups is 2. The van der Waals surface area contributed by atoms with E-state index < -0.39 is 12.5 Å². The van der Waals surface area contributed by atoms with E-state index in [-0.39, 0.29) is 10.2 Å². The summed E-state index contributed by atoms with van der Waals surface area (Å²) in [5.74, 6) is -1.47. The minimum Gasteiger partial charge on any atom is -0.480 e. The molecule has 0 radical (unpaired) electrons. The lowest BCUT2D eigenvalue weighted by Gasteiger charge is -2.10. The maximum Gasteiger partial charge on any atom is 0.323 e. The molecule has 1 N–H and O–H groups in total. The van der Waals surface area contributed by atoms with Gasteiger partial charge in [0, 0.05) is 33.4 Å². The number of aliphatic carboxylic acids is 1. The van der Waals surface area contributed by atoms with Crippen LogP contribution in [0.25, 0.3) is 27.9 Å². The summed E-state index contributed by atoms with van der Waals surface area (Å²) in [5, 5.41) is 11.9. The van der Waals surface area contributed by atoms with E-state index in [4.69, 9.17) is 28.9 Å². The maximum atomic E-state index is 12.6. The van der Waals surface area contributed by atoms with Crippen molar-refractivity contribution in [3.05, 3.63) is 87.8 Å². The third-order valence-electron chi connectivity index (χ3n) is 5.52. The largest absolute Gasteiger partial charge is 0.480 e. The summed E-state index contributed by atoms with van der Waals surface area (Å²) in [6.45, 7) is 0.271. The second kappa shape index (κ2) is 8.67. The minimum atomic E-state index is -1.09. The van der Waals surface area contributed by atoms with Gasteiger partial charge in [0.05, 0.1) is 4.91 Å². The summed E-state index contributed by atoms with van der Waals surface area (Å²) in [6.07, 6.45) is 1.77. The van der Waals surface area contributed by atoms with Crippen LogP contribution >= 0.6 is 35.6 Å². The van der Waals surface area contributed by atoms with Crippen molar-refractivity contribution in [2.75, 3.05) is 6.54 Å². The number of aromatic nitrogens is 1. The molecule has 0 spiro atoms. The van der Waals surface area contributed by atoms with E-state index in [9.17, 15) is 9.59 Å². The SMILES string of the molecule is O=C(O)CN1C(=O)/C(=C/c2ccc3c(c2)c2ccccc2n3Cc2ccc(Cl)cc2)SC1=S. The van der Waals surface area contributed by atoms with Gasteiger partial charge in [-0.1, -0.05) is 72.0 Å². The molecular formula is C25H17ClN2O3S2. The van der Waals surface area contributed by atoms with E-state index >= 15 is 0 Å². The number of thiocarbonyl (C=S) groups is 1. The van der Waals surface area contributed by atoms with E-state index in [0.717, 1.165) is 49.6 Å². The van der Waals surface area contributed by atoms with E-state index in [1.54, 1.807) is 6.08 Å². The van der Waals surface area contributed by atoms with Gasteiger partial charge in [0.2, 0.25) is 0 Å². The zero-order valence-electron chi connectivity index (χ0n) is 17.2. The van der Waals surface area contributed by atoms with Crippen molar-refractivity contribution < 1.29 is 14.7 Å². The normalized spacial score (nSPS) is 15.3. The van der Waals surface area contributed by atoms with Gasteiger partial charge < -0.3 is 9.67 Å². The molecule has 0 saturated carbocycles. The lowest BCUT2D eigenvalue weighted by atomic mass is 10.1. The van der Waals surface area contributed by atoms with Crippen LogP contribution < -0.4 is 0 Å². The minimum absolute atomic E-state index is 0.259. The van der Waals surface area contributed by atoms with Crippen LogP contribution in [-0.2, 0) is 16.1 Å². The Labute approximate surface area is 204 Å². The Bertz CT molecular complexity index is 1470. The van der Waals surface area contributed by atoms with Crippen LogP contribution in [0.2, 0.25) is 5.02 Å². The van der Waals surface area contributed by atoms with E-state index in [1.807, 2.05) is 42.5 Å². The number of amides is 1. The van der Waals surface area contributed by atoms with Gasteiger partial charge in [-0.3, -0.25) is 14.5 Å². The lowest BCUT2D eigenvalue weighted by Crippen LogP contribution is -2.33. The number of carbonyl (C=O) groups excluding carboxylic acids is 1. The van der Waals surface area contributed by atoms with Gasteiger partial charge in [-0.05, 0) is 47.5 Å². The number of halogens is 1. The predicted octanol–water partition coefficient (Wildman–Crippen LogP) is 5.78. The molecule has 1 saturated heterocycles. The third kappa shape index (κ3) is 4.15. The maximum absolute atomic E-state index is 12.6. The molecule has 8 heteroatoms. The number of fused-ring (bicyclic) bond motifs is 3. The Morgan fingerprint density at radius 2 is 1.76 bits per heavy atom. The highest BCUT2D eigenvalue weighted by atomic mass is 35.5. The molecule has 5 rings (SSSR count). The second-order valence-corrected chi connectivity index (χ2v) is 9.78. The number of nitrogens with zero attached hydrogens (tertiary/aromatic N) is 2. The number of rotatable bonds is 5. The molecule has 0 aliphatic carbocycles. The zero-order valence-corrected chi connectivity index (χ0v) is 19.6. The van der Waals surface area contributed by atoms with Crippen molar-refractivity contribution >= 4 is 79.7 Å². The lowest BCUT2D eigenvalue weighted by molar-refractivity contribution is -0.140. The first-order valence-corrected chi connectivity index (χ1v) is 11.7. The first kappa shape index (κ1) is 21.7. The Morgan fingerprint density at radius 3 is 2.52 bits per heavy atom. The average Bonchev–Trinajstić information content (AvgIpc) is 3.24. The number of thioether (sulfide) groups is 1. The third-order valence-corrected chi connectivity index (χ3v) is 7.14. The molecule has 0 atom stereocenters. The van der Waals surface area contributed by atoms with Crippen molar-refractivity contribution in [1.82, 2.24) is 9.47 Å². The molecular weight excluding hydrogens is 476 g/mol. The fourth-order valence-electron chi connectivity index (χ4n) is 4.03. The summed E-state index contributed by atoms with van der Waals surface area (Å²) in [5.41, 5.74) is 4.20. The van der Waals surface area contributed by atoms with Crippen molar-refractivity contribution in [2.45, 2.75) is 6.54 Å². The summed E-state index contributed by atoms with van der Waals surface area (Å²) < 4.78 is 2.53. The fourth-order valence-corrected chi connectivity index (χ4v) is 5.41. The summed E-state index contributed by atoms with van der Waals surface area (Å²) >= 11 is 12.4. The second-order valence-electron chi connectivity index (χ2n) is 7.67. The molecule has 164 valence electrons. The number of carboxylic acid groups (broad SMARTS) is 1. The molecule has 33 heavy (non-hydrogen) atoms. The van der Waals surface area contributed by atoms with Crippen LogP contribution in [0.15, 0.2) is 71.6 Å². The van der Waals surface area contributed by atoms with Crippen molar-refractivity contribution in [3.63, 3.8) is 0 Å². The Kier molecular flexibility index (Phi) is 5.70. The Hall–Kier alpha value is -3.13. The van der Waals surface area contributed by atoms with Gasteiger partial charge in [0.15, 0.2) is 0 Å². The average molecular weight is 493 g/mol. The summed E-state index contributed by atoms with van der Waals surface area (Å²) in [7, 11) is 0. The Balaban J connectivity index is 1.56. The molecule has 0 unspecified atom stereocenters. The van der Waals surface area contributed by atoms with Crippen molar-refractivity contribution in [2.24, 2.45) is 0 Å². The van der Waals surface area contributed by atoms with Crippen LogP contribution in [0.4, 0.5) is 0 Å². The number of hydrogen-bond donors (Lipinski definition) is 1. The number of benzene rings is 3. The van der Waals surface area contributed by atoms with Gasteiger partial charge in [-0.2, -0.15) is 0 Å². The summed E-state index contributed by atoms with van der Waals surface area (Å²) in [4.78, 5) is 25.2. The highest BCUT2D eigenvalue weighted by Gasteiger charge is 2.33. The molecule has 3 aromatic carbocycles. The highest BCUT2D eigenvalue weighted by molar-refractivity contribution is 8.26. The van der Waals surface area contributed by atoms with Crippen LogP contribution in [-0.4, -0.2) is 37.3 Å². The quantitative estimate of drug-likeness (QED) is 0.282. The van der Waals surface area contributed by atoms with Gasteiger partial charge in [0.1, 0.15) is 10.9 Å². The molecule has 1 fully saturated rings. The molecule has 2 heterocycles.